The van der Waals surface area contributed by atoms with Gasteiger partial charge in [-0.1, -0.05) is 25.1 Å². The van der Waals surface area contributed by atoms with Crippen molar-refractivity contribution in [2.75, 3.05) is 30.9 Å². The van der Waals surface area contributed by atoms with Crippen molar-refractivity contribution < 1.29 is 14.2 Å². The summed E-state index contributed by atoms with van der Waals surface area (Å²) in [4.78, 5) is 14.5. The van der Waals surface area contributed by atoms with Gasteiger partial charge in [0.15, 0.2) is 6.17 Å². The van der Waals surface area contributed by atoms with Gasteiger partial charge in [-0.05, 0) is 48.7 Å². The summed E-state index contributed by atoms with van der Waals surface area (Å²) in [7, 11) is 3.72. The molecule has 0 unspecified atom stereocenters. The van der Waals surface area contributed by atoms with Crippen LogP contribution in [-0.2, 0) is 11.8 Å². The van der Waals surface area contributed by atoms with Gasteiger partial charge in [-0.3, -0.25) is 5.32 Å². The van der Waals surface area contributed by atoms with Gasteiger partial charge in [0.1, 0.15) is 5.75 Å². The van der Waals surface area contributed by atoms with Crippen LogP contribution in [0.1, 0.15) is 31.4 Å². The standard InChI is InChI=1S/C22H27N3O3/c1-5-15-8-6-7-9-18(15)23-21(26)28-16-10-11-19-17(14-16)22(2)12-13-25(4,27)20(22)24(19)3/h6-11,14,20H,5,12-13H2,1-4H3,(H,23,26)/t20-,22+,25-/m0/s1. The molecule has 1 saturated heterocycles. The predicted octanol–water partition coefficient (Wildman–Crippen LogP) is 4.24. The second kappa shape index (κ2) is 6.50. The number of likely N-dealkylation sites (tertiary alicyclic amines) is 1. The van der Waals surface area contributed by atoms with Crippen molar-refractivity contribution in [2.24, 2.45) is 0 Å². The summed E-state index contributed by atoms with van der Waals surface area (Å²) in [5.74, 6) is 0.493. The summed E-state index contributed by atoms with van der Waals surface area (Å²) in [6, 6.07) is 13.4. The normalized spacial score (nSPS) is 28.0. The molecule has 0 spiro atoms. The first kappa shape index (κ1) is 18.8. The number of anilines is 2. The number of carbonyl (C=O) groups is 1. The Bertz CT molecular complexity index is 927. The number of carbonyl (C=O) groups excluding carboxylic acids is 1. The molecule has 0 radical (unpaired) electrons. The zero-order valence-electron chi connectivity index (χ0n) is 16.9. The molecule has 2 aromatic rings. The molecule has 148 valence electrons. The first-order valence-electron chi connectivity index (χ1n) is 9.76. The molecule has 1 amide bonds. The topological polar surface area (TPSA) is 64.6 Å². The Kier molecular flexibility index (Phi) is 4.36. The third-order valence-corrected chi connectivity index (χ3v) is 6.34. The fourth-order valence-electron chi connectivity index (χ4n) is 5.04. The van der Waals surface area contributed by atoms with Crippen molar-refractivity contribution in [3.8, 4) is 5.75 Å². The van der Waals surface area contributed by atoms with Gasteiger partial charge < -0.3 is 19.5 Å². The minimum absolute atomic E-state index is 0.150. The first-order valence-corrected chi connectivity index (χ1v) is 9.76. The number of hydrogen-bond acceptors (Lipinski definition) is 4. The number of aryl methyl sites for hydroxylation is 1. The minimum atomic E-state index is -0.509. The van der Waals surface area contributed by atoms with E-state index in [1.54, 1.807) is 13.1 Å². The number of likely N-dealkylation sites (N-methyl/N-ethyl adjacent to an activating group) is 2. The van der Waals surface area contributed by atoms with Crippen molar-refractivity contribution in [1.29, 1.82) is 0 Å². The Morgan fingerprint density at radius 2 is 2.11 bits per heavy atom. The van der Waals surface area contributed by atoms with E-state index in [4.69, 9.17) is 4.74 Å². The zero-order valence-corrected chi connectivity index (χ0v) is 16.9. The van der Waals surface area contributed by atoms with E-state index in [2.05, 4.69) is 17.1 Å². The number of para-hydroxylation sites is 1. The third kappa shape index (κ3) is 2.84. The Labute approximate surface area is 165 Å². The van der Waals surface area contributed by atoms with Gasteiger partial charge in [0, 0.05) is 24.8 Å². The number of amides is 1. The van der Waals surface area contributed by atoms with E-state index >= 15 is 0 Å². The van der Waals surface area contributed by atoms with Crippen LogP contribution in [-0.4, -0.2) is 37.5 Å². The summed E-state index contributed by atoms with van der Waals surface area (Å²) in [5, 5.41) is 15.8. The quantitative estimate of drug-likeness (QED) is 0.638. The maximum Gasteiger partial charge on any atom is 0.417 e. The summed E-state index contributed by atoms with van der Waals surface area (Å²) in [6.07, 6.45) is 0.982. The molecule has 6 nitrogen and oxygen atoms in total. The zero-order chi connectivity index (χ0) is 20.1. The summed E-state index contributed by atoms with van der Waals surface area (Å²) in [5.41, 5.74) is 3.70. The van der Waals surface area contributed by atoms with Crippen LogP contribution in [0.4, 0.5) is 16.2 Å². The van der Waals surface area contributed by atoms with E-state index in [0.717, 1.165) is 35.3 Å². The highest BCUT2D eigenvalue weighted by Gasteiger charge is 2.58. The van der Waals surface area contributed by atoms with Gasteiger partial charge in [0.05, 0.1) is 19.0 Å². The second-order valence-corrected chi connectivity index (χ2v) is 8.25. The average Bonchev–Trinajstić information content (AvgIpc) is 3.04. The van der Waals surface area contributed by atoms with Crippen LogP contribution in [0.15, 0.2) is 42.5 Å². The Morgan fingerprint density at radius 1 is 1.36 bits per heavy atom. The SMILES string of the molecule is CCc1ccccc1NC(=O)Oc1ccc2c(c1)[C@@]1(C)CC[N@+](C)([O-])[C@@H]1N2C. The molecule has 6 heteroatoms. The average molecular weight is 381 g/mol. The molecular formula is C22H27N3O3. The Hall–Kier alpha value is -2.57. The van der Waals surface area contributed by atoms with E-state index in [9.17, 15) is 10.0 Å². The molecule has 28 heavy (non-hydrogen) atoms. The van der Waals surface area contributed by atoms with Crippen molar-refractivity contribution in [3.63, 3.8) is 0 Å². The summed E-state index contributed by atoms with van der Waals surface area (Å²) < 4.78 is 5.30. The van der Waals surface area contributed by atoms with Gasteiger partial charge in [-0.15, -0.1) is 0 Å². The van der Waals surface area contributed by atoms with E-state index in [1.807, 2.05) is 50.4 Å². The number of benzene rings is 2. The van der Waals surface area contributed by atoms with E-state index in [-0.39, 0.29) is 16.2 Å². The number of hydrogen-bond donors (Lipinski definition) is 1. The van der Waals surface area contributed by atoms with Crippen LogP contribution >= 0.6 is 0 Å². The molecule has 2 aliphatic rings. The Balaban J connectivity index is 1.57. The van der Waals surface area contributed by atoms with Crippen molar-refractivity contribution >= 4 is 17.5 Å². The summed E-state index contributed by atoms with van der Waals surface area (Å²) >= 11 is 0. The van der Waals surface area contributed by atoms with Crippen LogP contribution in [0, 0.1) is 5.21 Å². The first-order chi connectivity index (χ1) is 13.3. The minimum Gasteiger partial charge on any atom is -0.631 e. The van der Waals surface area contributed by atoms with E-state index in [1.165, 1.54) is 0 Å². The fourth-order valence-corrected chi connectivity index (χ4v) is 5.04. The monoisotopic (exact) mass is 381 g/mol. The number of nitrogens with one attached hydrogen (secondary N) is 1. The lowest BCUT2D eigenvalue weighted by molar-refractivity contribution is -0.874. The number of quaternary nitrogens is 1. The van der Waals surface area contributed by atoms with Gasteiger partial charge in [0.25, 0.3) is 0 Å². The molecular weight excluding hydrogens is 354 g/mol. The highest BCUT2D eigenvalue weighted by atomic mass is 16.6. The molecule has 0 saturated carbocycles. The molecule has 0 aliphatic carbocycles. The maximum atomic E-state index is 12.9. The van der Waals surface area contributed by atoms with Gasteiger partial charge in [-0.25, -0.2) is 4.79 Å². The number of nitrogens with zero attached hydrogens (tertiary/aromatic N) is 2. The second-order valence-electron chi connectivity index (χ2n) is 8.25. The van der Waals surface area contributed by atoms with Crippen LogP contribution in [0.5, 0.6) is 5.75 Å². The smallest absolute Gasteiger partial charge is 0.417 e. The molecule has 2 aromatic carbocycles. The molecule has 3 atom stereocenters. The largest absolute Gasteiger partial charge is 0.631 e. The molecule has 0 aromatic heterocycles. The van der Waals surface area contributed by atoms with Crippen LogP contribution in [0.25, 0.3) is 0 Å². The highest BCUT2D eigenvalue weighted by Crippen LogP contribution is 2.54. The Morgan fingerprint density at radius 3 is 2.86 bits per heavy atom. The number of hydroxylamine groups is 3. The highest BCUT2D eigenvalue weighted by molar-refractivity contribution is 5.87. The fraction of sp³-hybridized carbons (Fsp3) is 0.409. The molecule has 2 aliphatic heterocycles. The number of rotatable bonds is 3. The third-order valence-electron chi connectivity index (χ3n) is 6.34. The van der Waals surface area contributed by atoms with Gasteiger partial charge in [-0.2, -0.15) is 0 Å². The van der Waals surface area contributed by atoms with Crippen LogP contribution < -0.4 is 15.0 Å². The summed E-state index contributed by atoms with van der Waals surface area (Å²) in [6.45, 7) is 4.77. The van der Waals surface area contributed by atoms with Crippen molar-refractivity contribution in [2.45, 2.75) is 38.3 Å². The van der Waals surface area contributed by atoms with Crippen LogP contribution in [0.3, 0.4) is 0 Å². The lowest BCUT2D eigenvalue weighted by atomic mass is 9.81. The number of fused-ring (bicyclic) bond motifs is 3. The van der Waals surface area contributed by atoms with E-state index < -0.39 is 6.09 Å². The van der Waals surface area contributed by atoms with Gasteiger partial charge >= 0.3 is 6.09 Å². The van der Waals surface area contributed by atoms with Crippen molar-refractivity contribution in [3.05, 3.63) is 58.8 Å². The molecule has 1 N–H and O–H groups in total. The molecule has 1 fully saturated rings. The molecule has 4 rings (SSSR count). The number of ether oxygens (including phenoxy) is 1. The van der Waals surface area contributed by atoms with Crippen molar-refractivity contribution in [1.82, 2.24) is 0 Å². The molecule has 2 heterocycles. The van der Waals surface area contributed by atoms with E-state index in [0.29, 0.717) is 12.3 Å². The van der Waals surface area contributed by atoms with Crippen LogP contribution in [0.2, 0.25) is 0 Å². The lowest BCUT2D eigenvalue weighted by Gasteiger charge is -2.44. The maximum absolute atomic E-state index is 12.9. The lowest BCUT2D eigenvalue weighted by Crippen LogP contribution is -2.54. The predicted molar refractivity (Wildman–Crippen MR) is 110 cm³/mol. The molecule has 0 bridgehead atoms. The van der Waals surface area contributed by atoms with Gasteiger partial charge in [0.2, 0.25) is 0 Å².